The van der Waals surface area contributed by atoms with E-state index in [0.29, 0.717) is 16.9 Å². The summed E-state index contributed by atoms with van der Waals surface area (Å²) in [4.78, 5) is 35.8. The first-order valence-electron chi connectivity index (χ1n) is 9.59. The fourth-order valence-electron chi connectivity index (χ4n) is 2.96. The molecule has 3 rings (SSSR count). The number of benzene rings is 3. The van der Waals surface area contributed by atoms with Crippen molar-refractivity contribution in [1.29, 1.82) is 0 Å². The van der Waals surface area contributed by atoms with E-state index >= 15 is 0 Å². The maximum atomic E-state index is 12.8. The summed E-state index contributed by atoms with van der Waals surface area (Å²) in [5.41, 5.74) is 3.05. The Morgan fingerprint density at radius 3 is 2.19 bits per heavy atom. The molecular weight excluding hydrogens is 428 g/mol. The van der Waals surface area contributed by atoms with E-state index in [9.17, 15) is 19.7 Å². The van der Waals surface area contributed by atoms with Crippen LogP contribution in [0.2, 0.25) is 0 Å². The minimum absolute atomic E-state index is 0.0976. The monoisotopic (exact) mass is 448 g/mol. The Labute approximate surface area is 189 Å². The molecule has 0 unspecified atom stereocenters. The Balaban J connectivity index is 1.74. The summed E-state index contributed by atoms with van der Waals surface area (Å²) >= 11 is 5.18. The first-order chi connectivity index (χ1) is 15.3. The summed E-state index contributed by atoms with van der Waals surface area (Å²) in [7, 11) is 0. The molecule has 0 heterocycles. The topological polar surface area (TPSA) is 113 Å². The van der Waals surface area contributed by atoms with Crippen molar-refractivity contribution in [3.05, 3.63) is 99.1 Å². The fraction of sp³-hybridized carbons (Fsp3) is 0.0870. The second-order valence-corrected chi connectivity index (χ2v) is 7.39. The van der Waals surface area contributed by atoms with Crippen LogP contribution in [0.1, 0.15) is 31.8 Å². The smallest absolute Gasteiger partial charge is 0.282 e. The molecule has 3 aromatic carbocycles. The summed E-state index contributed by atoms with van der Waals surface area (Å²) in [5, 5.41) is 19.1. The summed E-state index contributed by atoms with van der Waals surface area (Å²) < 4.78 is 0. The third kappa shape index (κ3) is 5.32. The Morgan fingerprint density at radius 2 is 1.50 bits per heavy atom. The molecule has 2 amide bonds. The summed E-state index contributed by atoms with van der Waals surface area (Å²) in [6.07, 6.45) is 0. The Bertz CT molecular complexity index is 1230. The minimum Gasteiger partial charge on any atom is -0.332 e. The third-order valence-electron chi connectivity index (χ3n) is 4.76. The van der Waals surface area contributed by atoms with E-state index in [1.165, 1.54) is 24.3 Å². The molecule has 0 aliphatic carbocycles. The Morgan fingerprint density at radius 1 is 0.844 bits per heavy atom. The molecule has 0 saturated carbocycles. The first kappa shape index (κ1) is 22.6. The molecule has 0 fully saturated rings. The molecule has 0 aliphatic heterocycles. The average Bonchev–Trinajstić information content (AvgIpc) is 2.76. The van der Waals surface area contributed by atoms with Crippen LogP contribution < -0.4 is 16.0 Å². The third-order valence-corrected chi connectivity index (χ3v) is 4.96. The highest BCUT2D eigenvalue weighted by Crippen LogP contribution is 2.20. The van der Waals surface area contributed by atoms with Gasteiger partial charge in [0, 0.05) is 11.8 Å². The lowest BCUT2D eigenvalue weighted by Gasteiger charge is -2.14. The molecule has 3 aromatic rings. The van der Waals surface area contributed by atoms with Gasteiger partial charge in [0.15, 0.2) is 5.11 Å². The zero-order chi connectivity index (χ0) is 23.3. The van der Waals surface area contributed by atoms with Gasteiger partial charge in [-0.25, -0.2) is 0 Å². The molecule has 0 aliphatic rings. The van der Waals surface area contributed by atoms with Crippen LogP contribution in [0.4, 0.5) is 17.1 Å². The molecule has 0 radical (unpaired) electrons. The number of para-hydroxylation sites is 2. The van der Waals surface area contributed by atoms with Crippen LogP contribution in [0.25, 0.3) is 0 Å². The van der Waals surface area contributed by atoms with Crippen molar-refractivity contribution in [2.45, 2.75) is 13.8 Å². The van der Waals surface area contributed by atoms with Gasteiger partial charge in [0.25, 0.3) is 17.5 Å². The first-order valence-corrected chi connectivity index (χ1v) is 10.0. The quantitative estimate of drug-likeness (QED) is 0.299. The second-order valence-electron chi connectivity index (χ2n) is 6.98. The predicted molar refractivity (Wildman–Crippen MR) is 127 cm³/mol. The van der Waals surface area contributed by atoms with Crippen molar-refractivity contribution in [3.63, 3.8) is 0 Å². The number of nitro benzene ring substituents is 1. The lowest BCUT2D eigenvalue weighted by molar-refractivity contribution is -0.385. The summed E-state index contributed by atoms with van der Waals surface area (Å²) in [6, 6.07) is 17.8. The van der Waals surface area contributed by atoms with Gasteiger partial charge in [-0.05, 0) is 67.5 Å². The van der Waals surface area contributed by atoms with Gasteiger partial charge in [0.1, 0.15) is 5.56 Å². The van der Waals surface area contributed by atoms with Gasteiger partial charge >= 0.3 is 0 Å². The van der Waals surface area contributed by atoms with Crippen LogP contribution in [-0.2, 0) is 0 Å². The lowest BCUT2D eigenvalue weighted by Crippen LogP contribution is -2.35. The molecule has 9 heteroatoms. The highest BCUT2D eigenvalue weighted by atomic mass is 32.1. The lowest BCUT2D eigenvalue weighted by atomic mass is 10.1. The number of anilines is 2. The predicted octanol–water partition coefficient (Wildman–Crippen LogP) is 4.59. The van der Waals surface area contributed by atoms with Crippen molar-refractivity contribution in [2.75, 3.05) is 10.6 Å². The molecule has 0 saturated heterocycles. The average molecular weight is 449 g/mol. The number of nitro groups is 1. The van der Waals surface area contributed by atoms with Crippen molar-refractivity contribution in [2.24, 2.45) is 0 Å². The number of rotatable bonds is 5. The Kier molecular flexibility index (Phi) is 6.91. The van der Waals surface area contributed by atoms with Crippen LogP contribution in [-0.4, -0.2) is 21.9 Å². The number of nitrogens with zero attached hydrogens (tertiary/aromatic N) is 1. The molecule has 0 spiro atoms. The number of thiocarbonyl (C=S) groups is 1. The van der Waals surface area contributed by atoms with E-state index in [1.54, 1.807) is 24.3 Å². The van der Waals surface area contributed by atoms with Gasteiger partial charge in [-0.1, -0.05) is 30.3 Å². The van der Waals surface area contributed by atoms with Gasteiger partial charge in [-0.15, -0.1) is 0 Å². The molecule has 162 valence electrons. The van der Waals surface area contributed by atoms with Gasteiger partial charge in [0.05, 0.1) is 16.2 Å². The molecule has 0 atom stereocenters. The van der Waals surface area contributed by atoms with Crippen molar-refractivity contribution < 1.29 is 14.5 Å². The van der Waals surface area contributed by atoms with Crippen molar-refractivity contribution in [1.82, 2.24) is 5.32 Å². The van der Waals surface area contributed by atoms with E-state index in [1.807, 2.05) is 32.0 Å². The van der Waals surface area contributed by atoms with E-state index in [4.69, 9.17) is 12.2 Å². The number of nitrogens with one attached hydrogen (secondary N) is 3. The second kappa shape index (κ2) is 9.80. The molecule has 3 N–H and O–H groups in total. The normalized spacial score (nSPS) is 10.2. The number of carbonyl (C=O) groups is 2. The van der Waals surface area contributed by atoms with Crippen LogP contribution in [0.3, 0.4) is 0 Å². The number of carbonyl (C=O) groups excluding carboxylic acids is 2. The molecule has 0 aromatic heterocycles. The number of hydrogen-bond acceptors (Lipinski definition) is 5. The Hall–Kier alpha value is -4.11. The largest absolute Gasteiger partial charge is 0.332 e. The zero-order valence-electron chi connectivity index (χ0n) is 17.3. The van der Waals surface area contributed by atoms with Crippen LogP contribution >= 0.6 is 12.2 Å². The fourth-order valence-corrected chi connectivity index (χ4v) is 3.16. The summed E-state index contributed by atoms with van der Waals surface area (Å²) in [6.45, 7) is 3.94. The van der Waals surface area contributed by atoms with Gasteiger partial charge < -0.3 is 10.6 Å². The zero-order valence-corrected chi connectivity index (χ0v) is 18.2. The van der Waals surface area contributed by atoms with E-state index < -0.39 is 10.8 Å². The van der Waals surface area contributed by atoms with Crippen molar-refractivity contribution in [3.8, 4) is 0 Å². The molecule has 8 nitrogen and oxygen atoms in total. The minimum atomic E-state index is -0.730. The van der Waals surface area contributed by atoms with Crippen LogP contribution in [0, 0.1) is 24.0 Å². The summed E-state index contributed by atoms with van der Waals surface area (Å²) in [5.74, 6) is -1.09. The number of aryl methyl sites for hydroxylation is 2. The number of amides is 2. The van der Waals surface area contributed by atoms with Crippen LogP contribution in [0.15, 0.2) is 66.7 Å². The van der Waals surface area contributed by atoms with Gasteiger partial charge in [-0.2, -0.15) is 0 Å². The van der Waals surface area contributed by atoms with Crippen molar-refractivity contribution >= 4 is 46.2 Å². The maximum Gasteiger partial charge on any atom is 0.282 e. The molecule has 0 bridgehead atoms. The van der Waals surface area contributed by atoms with Gasteiger partial charge in [0.2, 0.25) is 0 Å². The van der Waals surface area contributed by atoms with E-state index in [-0.39, 0.29) is 22.3 Å². The highest BCUT2D eigenvalue weighted by Gasteiger charge is 2.20. The highest BCUT2D eigenvalue weighted by molar-refractivity contribution is 7.80. The molecule has 32 heavy (non-hydrogen) atoms. The van der Waals surface area contributed by atoms with E-state index in [0.717, 1.165) is 11.1 Å². The SMILES string of the molecule is Cc1ccc(NC(=O)c2ccccc2NC(=S)NC(=O)c2ccccc2[N+](=O)[O-])cc1C. The maximum absolute atomic E-state index is 12.8. The van der Waals surface area contributed by atoms with E-state index in [2.05, 4.69) is 16.0 Å². The standard InChI is InChI=1S/C23H20N4O4S/c1-14-11-12-16(13-15(14)2)24-21(28)17-7-3-5-9-19(17)25-23(32)26-22(29)18-8-4-6-10-20(18)27(30)31/h3-13H,1-2H3,(H,24,28)(H2,25,26,29,32). The van der Waals surface area contributed by atoms with Crippen LogP contribution in [0.5, 0.6) is 0 Å². The molecular formula is C23H20N4O4S. The number of hydrogen-bond donors (Lipinski definition) is 3. The van der Waals surface area contributed by atoms with Gasteiger partial charge in [-0.3, -0.25) is 25.0 Å².